The second kappa shape index (κ2) is 4.65. The van der Waals surface area contributed by atoms with Gasteiger partial charge in [-0.3, -0.25) is 4.90 Å². The van der Waals surface area contributed by atoms with E-state index >= 15 is 0 Å². The van der Waals surface area contributed by atoms with Crippen LogP contribution < -0.4 is 0 Å². The van der Waals surface area contributed by atoms with E-state index in [2.05, 4.69) is 46.4 Å². The Kier molecular flexibility index (Phi) is 4.00. The summed E-state index contributed by atoms with van der Waals surface area (Å²) in [6.07, 6.45) is 2.80. The van der Waals surface area contributed by atoms with Gasteiger partial charge in [-0.15, -0.1) is 0 Å². The summed E-state index contributed by atoms with van der Waals surface area (Å²) in [5, 5.41) is 0. The van der Waals surface area contributed by atoms with Gasteiger partial charge in [0.2, 0.25) is 0 Å². The maximum absolute atomic E-state index is 2.76. The highest BCUT2D eigenvalue weighted by Crippen LogP contribution is 2.34. The van der Waals surface area contributed by atoms with E-state index in [1.165, 1.54) is 12.8 Å². The molecule has 0 aromatic carbocycles. The maximum atomic E-state index is 2.76. The molecule has 1 rings (SSSR count). The summed E-state index contributed by atoms with van der Waals surface area (Å²) in [6.45, 7) is 14.1. The minimum atomic E-state index is 0.706. The number of hydrogen-bond acceptors (Lipinski definition) is 1. The molecule has 1 heterocycles. The van der Waals surface area contributed by atoms with Crippen LogP contribution in [-0.2, 0) is 0 Å². The van der Waals surface area contributed by atoms with E-state index < -0.39 is 0 Å². The van der Waals surface area contributed by atoms with Gasteiger partial charge < -0.3 is 0 Å². The van der Waals surface area contributed by atoms with Gasteiger partial charge in [-0.1, -0.05) is 27.7 Å². The minimum absolute atomic E-state index is 0.706. The lowest BCUT2D eigenvalue weighted by molar-refractivity contribution is 0.0959. The fourth-order valence-electron chi connectivity index (χ4n) is 3.01. The van der Waals surface area contributed by atoms with Gasteiger partial charge in [0.1, 0.15) is 0 Å². The summed E-state index contributed by atoms with van der Waals surface area (Å²) in [5.41, 5.74) is 0. The van der Waals surface area contributed by atoms with Crippen LogP contribution in [0.4, 0.5) is 0 Å². The van der Waals surface area contributed by atoms with E-state index in [9.17, 15) is 0 Å². The topological polar surface area (TPSA) is 3.24 Å². The van der Waals surface area contributed by atoms with Crippen molar-refractivity contribution in [1.29, 1.82) is 0 Å². The Hall–Kier alpha value is -0.0400. The molecule has 0 bridgehead atoms. The lowest BCUT2D eigenvalue weighted by atomic mass is 10.0. The lowest BCUT2D eigenvalue weighted by Crippen LogP contribution is -2.45. The van der Waals surface area contributed by atoms with E-state index in [1.54, 1.807) is 0 Å². The first-order valence-electron chi connectivity index (χ1n) is 6.22. The Morgan fingerprint density at radius 2 is 1.14 bits per heavy atom. The number of likely N-dealkylation sites (tertiary alicyclic amines) is 1. The van der Waals surface area contributed by atoms with Crippen LogP contribution in [0.15, 0.2) is 0 Å². The molecule has 1 saturated heterocycles. The van der Waals surface area contributed by atoms with Gasteiger partial charge in [0.25, 0.3) is 0 Å². The predicted octanol–water partition coefficient (Wildman–Crippen LogP) is 3.54. The minimum Gasteiger partial charge on any atom is -0.295 e. The third-order valence-electron chi connectivity index (χ3n) is 3.66. The normalized spacial score (nSPS) is 29.8. The van der Waals surface area contributed by atoms with E-state index in [4.69, 9.17) is 0 Å². The molecule has 14 heavy (non-hydrogen) atoms. The third kappa shape index (κ3) is 2.31. The van der Waals surface area contributed by atoms with Crippen LogP contribution in [0.3, 0.4) is 0 Å². The molecule has 2 atom stereocenters. The van der Waals surface area contributed by atoms with Crippen molar-refractivity contribution in [3.63, 3.8) is 0 Å². The van der Waals surface area contributed by atoms with Crippen molar-refractivity contribution in [2.45, 2.75) is 72.5 Å². The van der Waals surface area contributed by atoms with Gasteiger partial charge in [0.15, 0.2) is 0 Å². The van der Waals surface area contributed by atoms with E-state index in [1.807, 2.05) is 0 Å². The van der Waals surface area contributed by atoms with Gasteiger partial charge >= 0.3 is 0 Å². The molecule has 1 aliphatic rings. The molecule has 0 saturated carbocycles. The predicted molar refractivity (Wildman–Crippen MR) is 63.5 cm³/mol. The quantitative estimate of drug-likeness (QED) is 0.669. The highest BCUT2D eigenvalue weighted by Gasteiger charge is 2.37. The van der Waals surface area contributed by atoms with Crippen LogP contribution in [0.2, 0.25) is 0 Å². The maximum Gasteiger partial charge on any atom is 0.0125 e. The first kappa shape index (κ1) is 12.0. The Balaban J connectivity index is 2.74. The Labute approximate surface area is 89.9 Å². The largest absolute Gasteiger partial charge is 0.295 e. The highest BCUT2D eigenvalue weighted by molar-refractivity contribution is 4.92. The molecule has 1 fully saturated rings. The van der Waals surface area contributed by atoms with Crippen molar-refractivity contribution in [3.8, 4) is 0 Å². The zero-order valence-electron chi connectivity index (χ0n) is 10.7. The molecule has 0 N–H and O–H groups in total. The molecular weight excluding hydrogens is 170 g/mol. The van der Waals surface area contributed by atoms with Crippen molar-refractivity contribution in [2.75, 3.05) is 0 Å². The third-order valence-corrected chi connectivity index (χ3v) is 3.66. The summed E-state index contributed by atoms with van der Waals surface area (Å²) in [6, 6.07) is 2.35. The van der Waals surface area contributed by atoms with Crippen LogP contribution in [0, 0.1) is 11.8 Å². The number of nitrogens with zero attached hydrogens (tertiary/aromatic N) is 1. The molecule has 0 unspecified atom stereocenters. The van der Waals surface area contributed by atoms with Crippen molar-refractivity contribution in [3.05, 3.63) is 0 Å². The summed E-state index contributed by atoms with van der Waals surface area (Å²) < 4.78 is 0. The Morgan fingerprint density at radius 1 is 0.786 bits per heavy atom. The smallest absolute Gasteiger partial charge is 0.0125 e. The van der Waals surface area contributed by atoms with Gasteiger partial charge in [-0.05, 0) is 38.5 Å². The zero-order chi connectivity index (χ0) is 10.9. The molecule has 0 aromatic rings. The van der Waals surface area contributed by atoms with Crippen molar-refractivity contribution < 1.29 is 0 Å². The van der Waals surface area contributed by atoms with Crippen molar-refractivity contribution >= 4 is 0 Å². The molecule has 1 nitrogen and oxygen atoms in total. The Bertz CT molecular complexity index is 156. The first-order valence-corrected chi connectivity index (χ1v) is 6.22. The average molecular weight is 197 g/mol. The SMILES string of the molecule is CC(C)[C@H]1CC[C@H](C(C)C)N1C(C)C. The summed E-state index contributed by atoms with van der Waals surface area (Å²) in [5.74, 6) is 1.61. The van der Waals surface area contributed by atoms with E-state index in [0.717, 1.165) is 23.9 Å². The highest BCUT2D eigenvalue weighted by atomic mass is 15.2. The second-order valence-electron chi connectivity index (χ2n) is 5.74. The van der Waals surface area contributed by atoms with E-state index in [0.29, 0.717) is 6.04 Å². The van der Waals surface area contributed by atoms with Crippen molar-refractivity contribution in [2.24, 2.45) is 11.8 Å². The molecule has 0 amide bonds. The molecule has 0 spiro atoms. The fraction of sp³-hybridized carbons (Fsp3) is 1.00. The molecule has 0 radical (unpaired) electrons. The standard InChI is InChI=1S/C13H27N/c1-9(2)12-7-8-13(10(3)4)14(12)11(5)6/h9-13H,7-8H2,1-6H3/t12-,13-/m1/s1. The lowest BCUT2D eigenvalue weighted by Gasteiger charge is -2.37. The molecule has 0 aromatic heterocycles. The average Bonchev–Trinajstić information content (AvgIpc) is 2.46. The van der Waals surface area contributed by atoms with Crippen LogP contribution in [-0.4, -0.2) is 23.0 Å². The summed E-state index contributed by atoms with van der Waals surface area (Å²) >= 11 is 0. The molecule has 1 heteroatoms. The molecule has 84 valence electrons. The molecule has 0 aliphatic carbocycles. The summed E-state index contributed by atoms with van der Waals surface area (Å²) in [7, 11) is 0. The van der Waals surface area contributed by atoms with Gasteiger partial charge in [-0.25, -0.2) is 0 Å². The van der Waals surface area contributed by atoms with Crippen molar-refractivity contribution in [1.82, 2.24) is 4.90 Å². The van der Waals surface area contributed by atoms with Crippen LogP contribution in [0.25, 0.3) is 0 Å². The second-order valence-corrected chi connectivity index (χ2v) is 5.74. The number of hydrogen-bond donors (Lipinski definition) is 0. The monoisotopic (exact) mass is 197 g/mol. The van der Waals surface area contributed by atoms with E-state index in [-0.39, 0.29) is 0 Å². The van der Waals surface area contributed by atoms with Crippen LogP contribution in [0.5, 0.6) is 0 Å². The Morgan fingerprint density at radius 3 is 1.36 bits per heavy atom. The van der Waals surface area contributed by atoms with Gasteiger partial charge in [-0.2, -0.15) is 0 Å². The first-order chi connectivity index (χ1) is 6.45. The molecule has 1 aliphatic heterocycles. The van der Waals surface area contributed by atoms with Gasteiger partial charge in [0, 0.05) is 18.1 Å². The summed E-state index contributed by atoms with van der Waals surface area (Å²) in [4.78, 5) is 2.76. The van der Waals surface area contributed by atoms with Crippen LogP contribution >= 0.6 is 0 Å². The zero-order valence-corrected chi connectivity index (χ0v) is 10.7. The number of rotatable bonds is 3. The molecular formula is C13H27N. The van der Waals surface area contributed by atoms with Gasteiger partial charge in [0.05, 0.1) is 0 Å². The van der Waals surface area contributed by atoms with Crippen LogP contribution in [0.1, 0.15) is 54.4 Å². The fourth-order valence-corrected chi connectivity index (χ4v) is 3.01.